The Morgan fingerprint density at radius 3 is 2.03 bits per heavy atom. The van der Waals surface area contributed by atoms with E-state index in [-0.39, 0.29) is 22.6 Å². The summed E-state index contributed by atoms with van der Waals surface area (Å²) < 4.78 is 30.2. The lowest BCUT2D eigenvalue weighted by Crippen LogP contribution is -2.08. The van der Waals surface area contributed by atoms with Crippen LogP contribution in [-0.4, -0.2) is 11.9 Å². The van der Waals surface area contributed by atoms with Gasteiger partial charge in [0.15, 0.2) is 5.76 Å². The molecule has 1 aromatic heterocycles. The van der Waals surface area contributed by atoms with E-state index in [9.17, 15) is 14.0 Å². The normalized spacial score (nSPS) is 9.97. The molecule has 0 bridgehead atoms. The summed E-state index contributed by atoms with van der Waals surface area (Å²) in [6.07, 6.45) is 0. The summed E-state index contributed by atoms with van der Waals surface area (Å²) in [5, 5.41) is 0. The van der Waals surface area contributed by atoms with Crippen LogP contribution in [0.1, 0.15) is 25.2 Å². The van der Waals surface area contributed by atoms with Crippen molar-refractivity contribution in [1.29, 1.82) is 0 Å². The van der Waals surface area contributed by atoms with E-state index in [1.165, 1.54) is 19.1 Å². The van der Waals surface area contributed by atoms with E-state index in [1.807, 2.05) is 0 Å². The highest BCUT2D eigenvalue weighted by molar-refractivity contribution is 5.89. The van der Waals surface area contributed by atoms with Crippen molar-refractivity contribution in [1.82, 2.24) is 0 Å². The zero-order valence-corrected chi connectivity index (χ0v) is 17.5. The minimum absolute atomic E-state index is 0.0724. The fourth-order valence-electron chi connectivity index (χ4n) is 2.44. The van der Waals surface area contributed by atoms with Crippen LogP contribution in [0.25, 0.3) is 11.3 Å². The summed E-state index contributed by atoms with van der Waals surface area (Å²) in [7, 11) is 0. The first-order valence-corrected chi connectivity index (χ1v) is 9.50. The molecule has 0 saturated carbocycles. The molecular weight excluding hydrogens is 411 g/mol. The first-order valence-electron chi connectivity index (χ1n) is 9.50. The minimum Gasteiger partial charge on any atom is -0.448 e. The van der Waals surface area contributed by atoms with Gasteiger partial charge in [-0.2, -0.15) is 0 Å². The van der Waals surface area contributed by atoms with Gasteiger partial charge in [0.05, 0.1) is 5.56 Å². The molecule has 0 aliphatic carbocycles. The molecule has 160 valence electrons. The van der Waals surface area contributed by atoms with Crippen LogP contribution in [0.3, 0.4) is 0 Å². The molecule has 0 spiro atoms. The summed E-state index contributed by atoms with van der Waals surface area (Å²) in [6, 6.07) is 13.9. The van der Waals surface area contributed by atoms with Gasteiger partial charge in [-0.15, -0.1) is 0 Å². The second-order valence-electron chi connectivity index (χ2n) is 6.92. The van der Waals surface area contributed by atoms with Crippen molar-refractivity contribution in [3.8, 4) is 34.7 Å². The van der Waals surface area contributed by atoms with Crippen molar-refractivity contribution >= 4 is 11.9 Å². The van der Waals surface area contributed by atoms with Gasteiger partial charge < -0.3 is 13.9 Å². The summed E-state index contributed by atoms with van der Waals surface area (Å²) in [6.45, 7) is 10.1. The number of rotatable bonds is 5. The van der Waals surface area contributed by atoms with Crippen molar-refractivity contribution in [3.05, 3.63) is 96.0 Å². The summed E-state index contributed by atoms with van der Waals surface area (Å²) >= 11 is 0. The number of benzene rings is 2. The third kappa shape index (κ3) is 5.61. The van der Waals surface area contributed by atoms with Gasteiger partial charge in [-0.05, 0) is 68.3 Å². The molecule has 0 atom stereocenters. The monoisotopic (exact) mass is 430 g/mol. The Kier molecular flexibility index (Phi) is 6.71. The van der Waals surface area contributed by atoms with Crippen LogP contribution < -0.4 is 9.47 Å². The molecule has 1 heterocycles. The number of hydrogen-bond acceptors (Lipinski definition) is 5. The number of ether oxygens (including phenoxy) is 2. The van der Waals surface area contributed by atoms with Crippen LogP contribution in [0.4, 0.5) is 4.39 Å². The summed E-state index contributed by atoms with van der Waals surface area (Å²) in [5.41, 5.74) is 1.40. The maximum atomic E-state index is 14.5. The lowest BCUT2D eigenvalue weighted by Gasteiger charge is -2.05. The molecule has 0 fully saturated rings. The highest BCUT2D eigenvalue weighted by atomic mass is 19.1. The smallest absolute Gasteiger partial charge is 0.338 e. The molecule has 0 radical (unpaired) electrons. The van der Waals surface area contributed by atoms with Crippen LogP contribution >= 0.6 is 0 Å². The maximum Gasteiger partial charge on any atom is 0.338 e. The second-order valence-corrected chi connectivity index (χ2v) is 6.92. The van der Waals surface area contributed by atoms with E-state index in [2.05, 4.69) is 25.0 Å². The Hall–Kier alpha value is -4.37. The third-order valence-corrected chi connectivity index (χ3v) is 4.11. The fraction of sp³-hybridized carbons (Fsp3) is 0.0769. The van der Waals surface area contributed by atoms with Crippen molar-refractivity contribution in [2.75, 3.05) is 0 Å². The molecule has 3 aromatic rings. The number of furan rings is 1. The van der Waals surface area contributed by atoms with Crippen molar-refractivity contribution in [2.24, 2.45) is 0 Å². The van der Waals surface area contributed by atoms with E-state index in [0.29, 0.717) is 22.6 Å². The van der Waals surface area contributed by atoms with Gasteiger partial charge in [0.25, 0.3) is 0 Å². The maximum absolute atomic E-state index is 14.5. The van der Waals surface area contributed by atoms with E-state index >= 15 is 0 Å². The quantitative estimate of drug-likeness (QED) is 0.233. The Balaban J connectivity index is 1.71. The van der Waals surface area contributed by atoms with Crippen LogP contribution in [0, 0.1) is 17.7 Å². The number of esters is 2. The molecule has 0 saturated heterocycles. The summed E-state index contributed by atoms with van der Waals surface area (Å²) in [5.74, 6) is 5.13. The number of carbonyl (C=O) groups is 2. The van der Waals surface area contributed by atoms with Gasteiger partial charge in [-0.1, -0.05) is 19.1 Å². The Bertz CT molecular complexity index is 1270. The van der Waals surface area contributed by atoms with Gasteiger partial charge in [0.1, 0.15) is 23.1 Å². The Labute approximate surface area is 184 Å². The van der Waals surface area contributed by atoms with E-state index in [4.69, 9.17) is 13.9 Å². The van der Waals surface area contributed by atoms with Gasteiger partial charge in [0, 0.05) is 22.8 Å². The van der Waals surface area contributed by atoms with Gasteiger partial charge in [-0.25, -0.2) is 14.0 Å². The molecule has 3 rings (SSSR count). The number of hydrogen-bond donors (Lipinski definition) is 0. The highest BCUT2D eigenvalue weighted by Crippen LogP contribution is 2.28. The molecule has 5 nitrogen and oxygen atoms in total. The second kappa shape index (κ2) is 9.63. The van der Waals surface area contributed by atoms with Gasteiger partial charge in [-0.3, -0.25) is 0 Å². The molecule has 0 unspecified atom stereocenters. The van der Waals surface area contributed by atoms with E-state index in [1.54, 1.807) is 43.3 Å². The predicted molar refractivity (Wildman–Crippen MR) is 117 cm³/mol. The lowest BCUT2D eigenvalue weighted by molar-refractivity contribution is -0.130. The molecule has 32 heavy (non-hydrogen) atoms. The molecule has 2 aromatic carbocycles. The van der Waals surface area contributed by atoms with E-state index < -0.39 is 17.8 Å². The SMILES string of the molecule is C=C(C)C(=O)Oc1ccc(C#Cc2ccc(-c3ccc(OC(=O)C(=C)C)cc3F)o2)cc1. The van der Waals surface area contributed by atoms with Crippen molar-refractivity contribution in [2.45, 2.75) is 13.8 Å². The molecule has 0 aliphatic heterocycles. The van der Waals surface area contributed by atoms with Crippen LogP contribution in [0.5, 0.6) is 11.5 Å². The first kappa shape index (κ1) is 22.3. The predicted octanol–water partition coefficient (Wildman–Crippen LogP) is 5.45. The minimum atomic E-state index is -0.630. The molecule has 0 amide bonds. The summed E-state index contributed by atoms with van der Waals surface area (Å²) in [4.78, 5) is 23.1. The zero-order valence-electron chi connectivity index (χ0n) is 17.5. The molecule has 6 heteroatoms. The number of carbonyl (C=O) groups excluding carboxylic acids is 2. The molecule has 0 aliphatic rings. The zero-order chi connectivity index (χ0) is 23.3. The average molecular weight is 430 g/mol. The topological polar surface area (TPSA) is 65.7 Å². The van der Waals surface area contributed by atoms with Gasteiger partial charge >= 0.3 is 11.9 Å². The molecular formula is C26H19FO5. The van der Waals surface area contributed by atoms with Gasteiger partial charge in [0.2, 0.25) is 0 Å². The van der Waals surface area contributed by atoms with Crippen LogP contribution in [0.15, 0.2) is 83.3 Å². The third-order valence-electron chi connectivity index (χ3n) is 4.11. The van der Waals surface area contributed by atoms with Crippen molar-refractivity contribution in [3.63, 3.8) is 0 Å². The highest BCUT2D eigenvalue weighted by Gasteiger charge is 2.13. The average Bonchev–Trinajstić information content (AvgIpc) is 3.22. The van der Waals surface area contributed by atoms with Crippen LogP contribution in [0.2, 0.25) is 0 Å². The first-order chi connectivity index (χ1) is 15.2. The van der Waals surface area contributed by atoms with Crippen LogP contribution in [-0.2, 0) is 9.59 Å². The Morgan fingerprint density at radius 2 is 1.44 bits per heavy atom. The van der Waals surface area contributed by atoms with Crippen molar-refractivity contribution < 1.29 is 27.9 Å². The fourth-order valence-corrected chi connectivity index (χ4v) is 2.44. The number of halogens is 1. The largest absolute Gasteiger partial charge is 0.448 e. The molecule has 0 N–H and O–H groups in total. The Morgan fingerprint density at radius 1 is 0.844 bits per heavy atom. The standard InChI is InChI=1S/C26H19FO5/c1-16(2)25(28)31-20-9-6-18(7-10-20)5-8-19-12-14-24(30-19)22-13-11-21(15-23(22)27)32-26(29)17(3)4/h6-7,9-15H,1,3H2,2,4H3. The lowest BCUT2D eigenvalue weighted by atomic mass is 10.1. The van der Waals surface area contributed by atoms with E-state index in [0.717, 1.165) is 6.07 Å².